The summed E-state index contributed by atoms with van der Waals surface area (Å²) in [6.07, 6.45) is 7.58. The highest BCUT2D eigenvalue weighted by molar-refractivity contribution is 5.76. The Bertz CT molecular complexity index is 303. The fraction of sp³-hybridized carbons (Fsp3) is 0.933. The van der Waals surface area contributed by atoms with E-state index >= 15 is 0 Å². The van der Waals surface area contributed by atoms with Crippen LogP contribution in [-0.4, -0.2) is 49.2 Å². The lowest BCUT2D eigenvalue weighted by Crippen LogP contribution is -2.49. The van der Waals surface area contributed by atoms with Crippen LogP contribution in [0.15, 0.2) is 0 Å². The van der Waals surface area contributed by atoms with E-state index in [2.05, 4.69) is 12.2 Å². The van der Waals surface area contributed by atoms with E-state index in [1.165, 1.54) is 19.3 Å². The number of nitrogens with one attached hydrogen (secondary N) is 1. The van der Waals surface area contributed by atoms with Crippen LogP contribution in [0, 0.1) is 0 Å². The number of nitrogens with zero attached hydrogens (tertiary/aromatic N) is 1. The second kappa shape index (κ2) is 6.71. The number of rotatable bonds is 4. The highest BCUT2D eigenvalue weighted by Crippen LogP contribution is 2.24. The van der Waals surface area contributed by atoms with Gasteiger partial charge in [0.2, 0.25) is 5.91 Å². The van der Waals surface area contributed by atoms with Gasteiger partial charge < -0.3 is 15.0 Å². The number of carbonyl (C=O) groups is 1. The van der Waals surface area contributed by atoms with E-state index < -0.39 is 0 Å². The van der Waals surface area contributed by atoms with Gasteiger partial charge in [-0.05, 0) is 45.6 Å². The molecule has 0 spiro atoms. The third kappa shape index (κ3) is 4.18. The summed E-state index contributed by atoms with van der Waals surface area (Å²) in [7, 11) is 1.75. The van der Waals surface area contributed by atoms with Gasteiger partial charge in [0, 0.05) is 32.7 Å². The van der Waals surface area contributed by atoms with Crippen LogP contribution in [-0.2, 0) is 9.53 Å². The van der Waals surface area contributed by atoms with E-state index in [9.17, 15) is 4.79 Å². The lowest BCUT2D eigenvalue weighted by molar-refractivity contribution is -0.139. The van der Waals surface area contributed by atoms with E-state index in [1.54, 1.807) is 7.11 Å². The topological polar surface area (TPSA) is 41.6 Å². The van der Waals surface area contributed by atoms with Crippen molar-refractivity contribution in [2.45, 2.75) is 63.5 Å². The predicted molar refractivity (Wildman–Crippen MR) is 76.1 cm³/mol. The van der Waals surface area contributed by atoms with Crippen LogP contribution in [0.3, 0.4) is 0 Å². The molecule has 110 valence electrons. The van der Waals surface area contributed by atoms with Crippen molar-refractivity contribution in [3.8, 4) is 0 Å². The van der Waals surface area contributed by atoms with Crippen LogP contribution in [0.2, 0.25) is 0 Å². The number of hydrogen-bond donors (Lipinski definition) is 1. The SMILES string of the molecule is COC1(C)CCCN(C(=O)CCC2CCCCN2)C1. The minimum Gasteiger partial charge on any atom is -0.377 e. The molecule has 0 aromatic heterocycles. The van der Waals surface area contributed by atoms with Crippen molar-refractivity contribution < 1.29 is 9.53 Å². The maximum atomic E-state index is 12.3. The van der Waals surface area contributed by atoms with Crippen molar-refractivity contribution >= 4 is 5.91 Å². The average Bonchev–Trinajstić information content (AvgIpc) is 2.46. The van der Waals surface area contributed by atoms with Gasteiger partial charge in [0.25, 0.3) is 0 Å². The summed E-state index contributed by atoms with van der Waals surface area (Å²) in [5.74, 6) is 0.301. The highest BCUT2D eigenvalue weighted by Gasteiger charge is 2.32. The second-order valence-corrected chi connectivity index (χ2v) is 6.26. The van der Waals surface area contributed by atoms with Gasteiger partial charge >= 0.3 is 0 Å². The van der Waals surface area contributed by atoms with Crippen LogP contribution in [0.1, 0.15) is 51.9 Å². The Morgan fingerprint density at radius 1 is 1.42 bits per heavy atom. The summed E-state index contributed by atoms with van der Waals surface area (Å²) in [4.78, 5) is 14.3. The van der Waals surface area contributed by atoms with Crippen molar-refractivity contribution in [2.24, 2.45) is 0 Å². The summed E-state index contributed by atoms with van der Waals surface area (Å²) in [5, 5.41) is 3.51. The summed E-state index contributed by atoms with van der Waals surface area (Å²) >= 11 is 0. The molecule has 2 fully saturated rings. The first kappa shape index (κ1) is 14.8. The Morgan fingerprint density at radius 2 is 2.26 bits per heavy atom. The highest BCUT2D eigenvalue weighted by atomic mass is 16.5. The number of amides is 1. The van der Waals surface area contributed by atoms with Crippen LogP contribution in [0.25, 0.3) is 0 Å². The van der Waals surface area contributed by atoms with Crippen molar-refractivity contribution in [1.82, 2.24) is 10.2 Å². The molecule has 0 aromatic carbocycles. The summed E-state index contributed by atoms with van der Waals surface area (Å²) in [6, 6.07) is 0.552. The number of ether oxygens (including phenoxy) is 1. The molecular weight excluding hydrogens is 240 g/mol. The van der Waals surface area contributed by atoms with Crippen LogP contribution in [0.4, 0.5) is 0 Å². The first-order chi connectivity index (χ1) is 9.13. The van der Waals surface area contributed by atoms with Gasteiger partial charge in [-0.3, -0.25) is 4.79 Å². The van der Waals surface area contributed by atoms with E-state index in [0.29, 0.717) is 18.4 Å². The summed E-state index contributed by atoms with van der Waals surface area (Å²) < 4.78 is 5.55. The zero-order valence-corrected chi connectivity index (χ0v) is 12.4. The smallest absolute Gasteiger partial charge is 0.222 e. The summed E-state index contributed by atoms with van der Waals surface area (Å²) in [5.41, 5.74) is -0.142. The van der Waals surface area contributed by atoms with Crippen molar-refractivity contribution in [1.29, 1.82) is 0 Å². The molecule has 2 saturated heterocycles. The van der Waals surface area contributed by atoms with Crippen molar-refractivity contribution in [3.05, 3.63) is 0 Å². The quantitative estimate of drug-likeness (QED) is 0.847. The molecule has 2 aliphatic heterocycles. The van der Waals surface area contributed by atoms with Crippen LogP contribution >= 0.6 is 0 Å². The maximum Gasteiger partial charge on any atom is 0.222 e. The van der Waals surface area contributed by atoms with Gasteiger partial charge in [0.1, 0.15) is 0 Å². The molecule has 2 unspecified atom stereocenters. The molecule has 1 N–H and O–H groups in total. The molecule has 4 heteroatoms. The standard InChI is InChI=1S/C15H28N2O2/c1-15(19-2)9-5-11-17(12-15)14(18)8-7-13-6-3-4-10-16-13/h13,16H,3-12H2,1-2H3. The molecule has 0 aliphatic carbocycles. The monoisotopic (exact) mass is 268 g/mol. The third-order valence-electron chi connectivity index (χ3n) is 4.62. The largest absolute Gasteiger partial charge is 0.377 e. The Hall–Kier alpha value is -0.610. The van der Waals surface area contributed by atoms with Gasteiger partial charge in [0.05, 0.1) is 5.60 Å². The molecule has 0 saturated carbocycles. The fourth-order valence-electron chi connectivity index (χ4n) is 3.21. The van der Waals surface area contributed by atoms with E-state index in [-0.39, 0.29) is 5.60 Å². The Kier molecular flexibility index (Phi) is 5.22. The minimum atomic E-state index is -0.142. The molecule has 1 amide bonds. The molecule has 19 heavy (non-hydrogen) atoms. The van der Waals surface area contributed by atoms with Crippen LogP contribution in [0.5, 0.6) is 0 Å². The van der Waals surface area contributed by atoms with Gasteiger partial charge in [-0.1, -0.05) is 6.42 Å². The Morgan fingerprint density at radius 3 is 2.95 bits per heavy atom. The molecular formula is C15H28N2O2. The van der Waals surface area contributed by atoms with E-state index in [0.717, 1.165) is 38.9 Å². The first-order valence-electron chi connectivity index (χ1n) is 7.69. The Balaban J connectivity index is 1.76. The zero-order valence-electron chi connectivity index (χ0n) is 12.4. The second-order valence-electron chi connectivity index (χ2n) is 6.26. The molecule has 0 radical (unpaired) electrons. The molecule has 0 bridgehead atoms. The predicted octanol–water partition coefficient (Wildman–Crippen LogP) is 1.94. The molecule has 2 aliphatic rings. The number of carbonyl (C=O) groups excluding carboxylic acids is 1. The third-order valence-corrected chi connectivity index (χ3v) is 4.62. The maximum absolute atomic E-state index is 12.3. The lowest BCUT2D eigenvalue weighted by Gasteiger charge is -2.39. The number of hydrogen-bond acceptors (Lipinski definition) is 3. The van der Waals surface area contributed by atoms with Gasteiger partial charge in [-0.2, -0.15) is 0 Å². The molecule has 4 nitrogen and oxygen atoms in total. The van der Waals surface area contributed by atoms with Crippen molar-refractivity contribution in [2.75, 3.05) is 26.7 Å². The number of piperidine rings is 2. The minimum absolute atomic E-state index is 0.142. The first-order valence-corrected chi connectivity index (χ1v) is 7.69. The molecule has 0 aromatic rings. The molecule has 2 rings (SSSR count). The Labute approximate surface area is 116 Å². The van der Waals surface area contributed by atoms with Gasteiger partial charge in [-0.25, -0.2) is 0 Å². The van der Waals surface area contributed by atoms with Crippen molar-refractivity contribution in [3.63, 3.8) is 0 Å². The summed E-state index contributed by atoms with van der Waals surface area (Å²) in [6.45, 7) is 4.87. The zero-order chi connectivity index (χ0) is 13.7. The number of methoxy groups -OCH3 is 1. The average molecular weight is 268 g/mol. The lowest BCUT2D eigenvalue weighted by atomic mass is 9.94. The fourth-order valence-corrected chi connectivity index (χ4v) is 3.21. The van der Waals surface area contributed by atoms with E-state index in [1.807, 2.05) is 4.90 Å². The van der Waals surface area contributed by atoms with E-state index in [4.69, 9.17) is 4.74 Å². The number of likely N-dealkylation sites (tertiary alicyclic amines) is 1. The van der Waals surface area contributed by atoms with Crippen LogP contribution < -0.4 is 5.32 Å². The molecule has 2 atom stereocenters. The normalized spacial score (nSPS) is 32.3. The van der Waals surface area contributed by atoms with Gasteiger partial charge in [0.15, 0.2) is 0 Å². The van der Waals surface area contributed by atoms with Gasteiger partial charge in [-0.15, -0.1) is 0 Å². The molecule has 2 heterocycles.